The third-order valence-electron chi connectivity index (χ3n) is 4.97. The van der Waals surface area contributed by atoms with Crippen molar-refractivity contribution < 1.29 is 28.7 Å². The van der Waals surface area contributed by atoms with E-state index in [9.17, 15) is 19.2 Å². The van der Waals surface area contributed by atoms with Crippen molar-refractivity contribution in [1.82, 2.24) is 0 Å². The molecule has 2 amide bonds. The van der Waals surface area contributed by atoms with Gasteiger partial charge >= 0.3 is 11.9 Å². The molecule has 0 aliphatic carbocycles. The van der Waals surface area contributed by atoms with Gasteiger partial charge in [-0.05, 0) is 65.7 Å². The largest absolute Gasteiger partial charge is 0.465 e. The van der Waals surface area contributed by atoms with Crippen LogP contribution in [-0.2, 0) is 16.0 Å². The highest BCUT2D eigenvalue weighted by Gasteiger charge is 2.16. The second kappa shape index (κ2) is 11.8. The van der Waals surface area contributed by atoms with Crippen molar-refractivity contribution in [2.75, 3.05) is 24.9 Å². The quantitative estimate of drug-likeness (QED) is 0.205. The molecule has 182 valence electrons. The molecule has 2 N–H and O–H groups in total. The fourth-order valence-corrected chi connectivity index (χ4v) is 3.16. The van der Waals surface area contributed by atoms with Gasteiger partial charge in [0.1, 0.15) is 0 Å². The molecule has 3 aromatic carbocycles. The van der Waals surface area contributed by atoms with E-state index in [0.29, 0.717) is 11.3 Å². The van der Waals surface area contributed by atoms with Gasteiger partial charge in [-0.25, -0.2) is 9.59 Å². The zero-order chi connectivity index (χ0) is 26.1. The van der Waals surface area contributed by atoms with Crippen LogP contribution in [0.25, 0.3) is 10.4 Å². The van der Waals surface area contributed by atoms with Gasteiger partial charge < -0.3 is 20.1 Å². The Bertz CT molecular complexity index is 1310. The van der Waals surface area contributed by atoms with Gasteiger partial charge in [0.05, 0.1) is 31.9 Å². The van der Waals surface area contributed by atoms with Crippen LogP contribution in [-0.4, -0.2) is 38.0 Å². The molecule has 0 radical (unpaired) electrons. The van der Waals surface area contributed by atoms with E-state index in [1.165, 1.54) is 44.6 Å². The smallest absolute Gasteiger partial charge is 0.337 e. The first kappa shape index (κ1) is 25.5. The van der Waals surface area contributed by atoms with Crippen LogP contribution in [0.5, 0.6) is 0 Å². The number of anilines is 2. The lowest BCUT2D eigenvalue weighted by atomic mass is 10.1. The van der Waals surface area contributed by atoms with Crippen molar-refractivity contribution in [2.45, 2.75) is 6.54 Å². The van der Waals surface area contributed by atoms with Gasteiger partial charge in [-0.1, -0.05) is 17.2 Å². The molecule has 3 rings (SSSR count). The Morgan fingerprint density at radius 1 is 0.722 bits per heavy atom. The Hall–Kier alpha value is -5.15. The first-order chi connectivity index (χ1) is 17.3. The van der Waals surface area contributed by atoms with Gasteiger partial charge in [0.25, 0.3) is 11.8 Å². The van der Waals surface area contributed by atoms with E-state index in [4.69, 9.17) is 15.0 Å². The molecule has 0 aromatic heterocycles. The van der Waals surface area contributed by atoms with E-state index >= 15 is 0 Å². The van der Waals surface area contributed by atoms with Crippen molar-refractivity contribution in [3.8, 4) is 0 Å². The maximum Gasteiger partial charge on any atom is 0.337 e. The monoisotopic (exact) mass is 487 g/mol. The number of hydrogen-bond acceptors (Lipinski definition) is 7. The molecule has 0 saturated carbocycles. The third-order valence-corrected chi connectivity index (χ3v) is 4.97. The first-order valence-electron chi connectivity index (χ1n) is 10.5. The summed E-state index contributed by atoms with van der Waals surface area (Å²) < 4.78 is 9.38. The molecule has 36 heavy (non-hydrogen) atoms. The van der Waals surface area contributed by atoms with Crippen LogP contribution in [0.15, 0.2) is 71.8 Å². The minimum atomic E-state index is -0.679. The number of azide groups is 1. The predicted molar refractivity (Wildman–Crippen MR) is 131 cm³/mol. The summed E-state index contributed by atoms with van der Waals surface area (Å²) in [5.41, 5.74) is 10.6. The van der Waals surface area contributed by atoms with Crippen LogP contribution in [0.4, 0.5) is 11.4 Å². The fourth-order valence-electron chi connectivity index (χ4n) is 3.16. The molecule has 0 saturated heterocycles. The summed E-state index contributed by atoms with van der Waals surface area (Å²) in [5.74, 6) is -2.21. The highest BCUT2D eigenvalue weighted by atomic mass is 16.5. The second-order valence-corrected chi connectivity index (χ2v) is 7.35. The normalized spacial score (nSPS) is 9.94. The average molecular weight is 487 g/mol. The number of methoxy groups -OCH3 is 2. The molecule has 3 aromatic rings. The zero-order valence-electron chi connectivity index (χ0n) is 19.3. The van der Waals surface area contributed by atoms with E-state index in [1.807, 2.05) is 0 Å². The summed E-state index contributed by atoms with van der Waals surface area (Å²) in [6.07, 6.45) is 0. The minimum Gasteiger partial charge on any atom is -0.465 e. The Morgan fingerprint density at radius 3 is 1.67 bits per heavy atom. The fraction of sp³-hybridized carbons (Fsp3) is 0.120. The number of nitrogens with zero attached hydrogens (tertiary/aromatic N) is 3. The SMILES string of the molecule is COC(=O)c1cc(NC(=O)c2ccc(NC(=O)c3ccc(CN=[N+]=[N-])cc3)cc2)cc(C(=O)OC)c1. The average Bonchev–Trinajstić information content (AvgIpc) is 2.91. The van der Waals surface area contributed by atoms with Crippen LogP contribution in [0.2, 0.25) is 0 Å². The molecule has 0 unspecified atom stereocenters. The molecule has 0 heterocycles. The summed E-state index contributed by atoms with van der Waals surface area (Å²) in [7, 11) is 2.40. The van der Waals surface area contributed by atoms with Crippen LogP contribution in [0, 0.1) is 0 Å². The highest BCUT2D eigenvalue weighted by molar-refractivity contribution is 6.07. The summed E-state index contributed by atoms with van der Waals surface area (Å²) in [6.45, 7) is 0.193. The molecule has 0 aliphatic rings. The number of nitrogens with one attached hydrogen (secondary N) is 2. The van der Waals surface area contributed by atoms with E-state index in [-0.39, 0.29) is 34.8 Å². The minimum absolute atomic E-state index is 0.0691. The van der Waals surface area contributed by atoms with E-state index < -0.39 is 17.8 Å². The van der Waals surface area contributed by atoms with Gasteiger partial charge in [-0.3, -0.25) is 9.59 Å². The number of amides is 2. The topological polar surface area (TPSA) is 160 Å². The van der Waals surface area contributed by atoms with Crippen LogP contribution >= 0.6 is 0 Å². The number of benzene rings is 3. The maximum absolute atomic E-state index is 12.7. The maximum atomic E-state index is 12.7. The molecular weight excluding hydrogens is 466 g/mol. The number of hydrogen-bond donors (Lipinski definition) is 2. The zero-order valence-corrected chi connectivity index (χ0v) is 19.3. The van der Waals surface area contributed by atoms with Crippen molar-refractivity contribution in [3.63, 3.8) is 0 Å². The van der Waals surface area contributed by atoms with E-state index in [1.54, 1.807) is 36.4 Å². The molecule has 0 fully saturated rings. The first-order valence-corrected chi connectivity index (χ1v) is 10.5. The number of carbonyl (C=O) groups excluding carboxylic acids is 4. The van der Waals surface area contributed by atoms with Crippen LogP contribution < -0.4 is 10.6 Å². The molecule has 0 spiro atoms. The molecule has 0 aliphatic heterocycles. The van der Waals surface area contributed by atoms with Crippen molar-refractivity contribution in [1.29, 1.82) is 0 Å². The summed E-state index contributed by atoms with van der Waals surface area (Å²) in [5, 5.41) is 8.84. The van der Waals surface area contributed by atoms with Crippen molar-refractivity contribution >= 4 is 35.1 Å². The van der Waals surface area contributed by atoms with Gasteiger partial charge in [0.2, 0.25) is 0 Å². The van der Waals surface area contributed by atoms with E-state index in [2.05, 4.69) is 20.7 Å². The van der Waals surface area contributed by atoms with Gasteiger partial charge in [-0.15, -0.1) is 0 Å². The van der Waals surface area contributed by atoms with Crippen LogP contribution in [0.1, 0.15) is 47.0 Å². The third kappa shape index (κ3) is 6.46. The lowest BCUT2D eigenvalue weighted by molar-refractivity contribution is 0.0598. The summed E-state index contributed by atoms with van der Waals surface area (Å²) >= 11 is 0. The van der Waals surface area contributed by atoms with E-state index in [0.717, 1.165) is 5.56 Å². The van der Waals surface area contributed by atoms with Crippen LogP contribution in [0.3, 0.4) is 0 Å². The Morgan fingerprint density at radius 2 is 1.19 bits per heavy atom. The molecule has 11 heteroatoms. The van der Waals surface area contributed by atoms with Crippen molar-refractivity contribution in [3.05, 3.63) is 105 Å². The highest BCUT2D eigenvalue weighted by Crippen LogP contribution is 2.19. The lowest BCUT2D eigenvalue weighted by Gasteiger charge is -2.10. The Balaban J connectivity index is 1.69. The number of carbonyl (C=O) groups is 4. The number of ether oxygens (including phenoxy) is 2. The standard InChI is InChI=1S/C25H21N5O6/c1-35-24(33)18-11-19(25(34)36-2)13-21(12-18)29-23(32)17-7-9-20(10-8-17)28-22(31)16-5-3-15(4-6-16)14-27-30-26/h3-13H,14H2,1-2H3,(H,28,31)(H,29,32). The van der Waals surface area contributed by atoms with Gasteiger partial charge in [0, 0.05) is 27.4 Å². The Labute approximate surface area is 205 Å². The summed E-state index contributed by atoms with van der Waals surface area (Å²) in [6, 6.07) is 16.8. The second-order valence-electron chi connectivity index (χ2n) is 7.35. The molecule has 0 atom stereocenters. The van der Waals surface area contributed by atoms with Gasteiger partial charge in [-0.2, -0.15) is 0 Å². The van der Waals surface area contributed by atoms with Gasteiger partial charge in [0.15, 0.2) is 0 Å². The predicted octanol–water partition coefficient (Wildman–Crippen LogP) is 4.57. The number of rotatable bonds is 8. The lowest BCUT2D eigenvalue weighted by Crippen LogP contribution is -2.15. The molecule has 0 bridgehead atoms. The Kier molecular flexibility index (Phi) is 8.36. The molecular formula is C25H21N5O6. The number of esters is 2. The summed E-state index contributed by atoms with van der Waals surface area (Å²) in [4.78, 5) is 51.8. The van der Waals surface area contributed by atoms with Crippen molar-refractivity contribution in [2.24, 2.45) is 5.11 Å². The molecule has 11 nitrogen and oxygen atoms in total.